The molecule has 1 heterocycles. The highest BCUT2D eigenvalue weighted by Gasteiger charge is 2.14. The van der Waals surface area contributed by atoms with E-state index in [0.29, 0.717) is 26.9 Å². The molecule has 7 heteroatoms. The Bertz CT molecular complexity index is 692. The summed E-state index contributed by atoms with van der Waals surface area (Å²) in [5, 5.41) is 4.30. The van der Waals surface area contributed by atoms with Gasteiger partial charge in [-0.05, 0) is 25.0 Å². The van der Waals surface area contributed by atoms with Crippen molar-refractivity contribution < 1.29 is 9.53 Å². The van der Waals surface area contributed by atoms with Gasteiger partial charge in [-0.3, -0.25) is 4.79 Å². The van der Waals surface area contributed by atoms with Crippen LogP contribution in [0.15, 0.2) is 18.5 Å². The lowest BCUT2D eigenvalue weighted by molar-refractivity contribution is -0.124. The number of nitrogens with zero attached hydrogens (tertiary/aromatic N) is 2. The summed E-state index contributed by atoms with van der Waals surface area (Å²) in [5.74, 6) is 0.421. The molecule has 0 aliphatic rings. The number of amides is 1. The van der Waals surface area contributed by atoms with Crippen LogP contribution in [0.1, 0.15) is 20.8 Å². The summed E-state index contributed by atoms with van der Waals surface area (Å²) < 4.78 is 5.49. The largest absolute Gasteiger partial charge is 0.467 e. The predicted molar refractivity (Wildman–Crippen MR) is 87.5 cm³/mol. The summed E-state index contributed by atoms with van der Waals surface area (Å²) in [6.07, 6.45) is 1.34. The zero-order valence-electron chi connectivity index (χ0n) is 12.6. The first-order valence-electron chi connectivity index (χ1n) is 6.90. The highest BCUT2D eigenvalue weighted by atomic mass is 35.5. The number of fused-ring (bicyclic) bond motifs is 1. The second kappa shape index (κ2) is 7.11. The summed E-state index contributed by atoms with van der Waals surface area (Å²) >= 11 is 12.1. The maximum absolute atomic E-state index is 11.9. The number of nitrogens with one attached hydrogen (secondary N) is 1. The number of carbonyl (C=O) groups excluding carboxylic acids is 1. The maximum Gasteiger partial charge on any atom is 0.258 e. The molecule has 0 saturated carbocycles. The second-order valence-electron chi connectivity index (χ2n) is 5.35. The van der Waals surface area contributed by atoms with Crippen LogP contribution in [0, 0.1) is 5.92 Å². The van der Waals surface area contributed by atoms with Crippen LogP contribution in [0.25, 0.3) is 10.9 Å². The minimum Gasteiger partial charge on any atom is -0.467 e. The van der Waals surface area contributed by atoms with Gasteiger partial charge in [-0.25, -0.2) is 9.97 Å². The molecular weight excluding hydrogens is 325 g/mol. The van der Waals surface area contributed by atoms with Crippen molar-refractivity contribution in [1.29, 1.82) is 0 Å². The molecule has 0 radical (unpaired) electrons. The molecule has 0 spiro atoms. The molecule has 0 saturated heterocycles. The molecule has 0 unspecified atom stereocenters. The molecule has 118 valence electrons. The molecule has 1 atom stereocenters. The van der Waals surface area contributed by atoms with Gasteiger partial charge in [0.1, 0.15) is 6.33 Å². The lowest BCUT2D eigenvalue weighted by Gasteiger charge is -2.17. The monoisotopic (exact) mass is 341 g/mol. The zero-order valence-corrected chi connectivity index (χ0v) is 14.1. The summed E-state index contributed by atoms with van der Waals surface area (Å²) in [6, 6.07) is 3.33. The van der Waals surface area contributed by atoms with E-state index < -0.39 is 0 Å². The number of halogens is 2. The molecule has 2 aromatic rings. The molecule has 1 aromatic heterocycles. The van der Waals surface area contributed by atoms with E-state index in [4.69, 9.17) is 27.9 Å². The molecule has 0 aliphatic carbocycles. The van der Waals surface area contributed by atoms with Gasteiger partial charge in [-0.15, -0.1) is 0 Å². The van der Waals surface area contributed by atoms with Crippen LogP contribution in [0.4, 0.5) is 0 Å². The van der Waals surface area contributed by atoms with Gasteiger partial charge >= 0.3 is 0 Å². The topological polar surface area (TPSA) is 64.1 Å². The Morgan fingerprint density at radius 3 is 2.68 bits per heavy atom. The minimum absolute atomic E-state index is 0.0714. The number of hydrogen-bond donors (Lipinski definition) is 1. The number of ether oxygens (including phenoxy) is 1. The standard InChI is InChI=1S/C15H17Cl2N3O2/c1-8(2)9(3)20-13(21)6-22-15-11-4-10(16)5-12(17)14(11)18-7-19-15/h4-5,7-9H,6H2,1-3H3,(H,20,21)/t9-/m1/s1. The molecule has 1 N–H and O–H groups in total. The van der Waals surface area contributed by atoms with Crippen LogP contribution in [0.3, 0.4) is 0 Å². The highest BCUT2D eigenvalue weighted by molar-refractivity contribution is 6.38. The maximum atomic E-state index is 11.9. The van der Waals surface area contributed by atoms with Crippen LogP contribution in [0.5, 0.6) is 5.88 Å². The zero-order chi connectivity index (χ0) is 16.3. The number of carbonyl (C=O) groups is 1. The van der Waals surface area contributed by atoms with Crippen LogP contribution in [0.2, 0.25) is 10.0 Å². The average molecular weight is 342 g/mol. The normalized spacial score (nSPS) is 12.5. The predicted octanol–water partition coefficient (Wildman–Crippen LogP) is 3.48. The third-order valence-electron chi connectivity index (χ3n) is 3.35. The van der Waals surface area contributed by atoms with Crippen molar-refractivity contribution in [2.24, 2.45) is 5.92 Å². The average Bonchev–Trinajstić information content (AvgIpc) is 2.45. The van der Waals surface area contributed by atoms with Crippen LogP contribution >= 0.6 is 23.2 Å². The van der Waals surface area contributed by atoms with Crippen molar-refractivity contribution in [3.8, 4) is 5.88 Å². The lowest BCUT2D eigenvalue weighted by Crippen LogP contribution is -2.39. The van der Waals surface area contributed by atoms with E-state index in [9.17, 15) is 4.79 Å². The SMILES string of the molecule is CC(C)[C@@H](C)NC(=O)COc1ncnc2c(Cl)cc(Cl)cc12. The molecule has 0 aliphatic heterocycles. The van der Waals surface area contributed by atoms with Crippen LogP contribution < -0.4 is 10.1 Å². The van der Waals surface area contributed by atoms with Crippen molar-refractivity contribution in [2.75, 3.05) is 6.61 Å². The Hall–Kier alpha value is -1.59. The van der Waals surface area contributed by atoms with E-state index in [2.05, 4.69) is 15.3 Å². The molecule has 2 rings (SSSR count). The van der Waals surface area contributed by atoms with Crippen LogP contribution in [-0.4, -0.2) is 28.5 Å². The Morgan fingerprint density at radius 2 is 2.00 bits per heavy atom. The first-order valence-corrected chi connectivity index (χ1v) is 7.66. The van der Waals surface area contributed by atoms with Crippen molar-refractivity contribution in [3.63, 3.8) is 0 Å². The third-order valence-corrected chi connectivity index (χ3v) is 3.86. The molecule has 1 aromatic carbocycles. The molecule has 0 fully saturated rings. The van der Waals surface area contributed by atoms with Gasteiger partial charge in [-0.1, -0.05) is 37.0 Å². The molecular formula is C15H17Cl2N3O2. The van der Waals surface area contributed by atoms with Gasteiger partial charge < -0.3 is 10.1 Å². The Labute approximate surface area is 139 Å². The smallest absolute Gasteiger partial charge is 0.258 e. The first kappa shape index (κ1) is 16.8. The van der Waals surface area contributed by atoms with Gasteiger partial charge in [0.2, 0.25) is 5.88 Å². The summed E-state index contributed by atoms with van der Waals surface area (Å²) in [7, 11) is 0. The van der Waals surface area contributed by atoms with Crippen molar-refractivity contribution in [2.45, 2.75) is 26.8 Å². The number of aromatic nitrogens is 2. The second-order valence-corrected chi connectivity index (χ2v) is 6.20. The van der Waals surface area contributed by atoms with Gasteiger partial charge in [0, 0.05) is 11.1 Å². The van der Waals surface area contributed by atoms with Crippen molar-refractivity contribution >= 4 is 40.0 Å². The van der Waals surface area contributed by atoms with Gasteiger partial charge in [0.25, 0.3) is 5.91 Å². The third kappa shape index (κ3) is 3.99. The van der Waals surface area contributed by atoms with Crippen LogP contribution in [-0.2, 0) is 4.79 Å². The Kier molecular flexibility index (Phi) is 5.42. The number of hydrogen-bond acceptors (Lipinski definition) is 4. The quantitative estimate of drug-likeness (QED) is 0.904. The van der Waals surface area contributed by atoms with E-state index in [0.717, 1.165) is 0 Å². The Morgan fingerprint density at radius 1 is 1.27 bits per heavy atom. The molecule has 22 heavy (non-hydrogen) atoms. The fraction of sp³-hybridized carbons (Fsp3) is 0.400. The molecule has 5 nitrogen and oxygen atoms in total. The van der Waals surface area contributed by atoms with E-state index >= 15 is 0 Å². The molecule has 1 amide bonds. The van der Waals surface area contributed by atoms with E-state index in [1.54, 1.807) is 12.1 Å². The van der Waals surface area contributed by atoms with Gasteiger partial charge in [-0.2, -0.15) is 0 Å². The fourth-order valence-electron chi connectivity index (χ4n) is 1.78. The Balaban J connectivity index is 2.14. The summed E-state index contributed by atoms with van der Waals surface area (Å²) in [6.45, 7) is 5.89. The van der Waals surface area contributed by atoms with Gasteiger partial charge in [0.15, 0.2) is 6.61 Å². The minimum atomic E-state index is -0.207. The summed E-state index contributed by atoms with van der Waals surface area (Å²) in [5.41, 5.74) is 0.534. The van der Waals surface area contributed by atoms with E-state index in [-0.39, 0.29) is 24.4 Å². The van der Waals surface area contributed by atoms with Gasteiger partial charge in [0.05, 0.1) is 15.9 Å². The molecule has 0 bridgehead atoms. The van der Waals surface area contributed by atoms with E-state index in [1.165, 1.54) is 6.33 Å². The first-order chi connectivity index (χ1) is 10.4. The van der Waals surface area contributed by atoms with Crippen molar-refractivity contribution in [3.05, 3.63) is 28.5 Å². The van der Waals surface area contributed by atoms with E-state index in [1.807, 2.05) is 20.8 Å². The number of rotatable bonds is 5. The lowest BCUT2D eigenvalue weighted by atomic mass is 10.1. The summed E-state index contributed by atoms with van der Waals surface area (Å²) in [4.78, 5) is 20.0. The fourth-order valence-corrected chi connectivity index (χ4v) is 2.32. The number of benzene rings is 1. The van der Waals surface area contributed by atoms with Crippen molar-refractivity contribution in [1.82, 2.24) is 15.3 Å². The highest BCUT2D eigenvalue weighted by Crippen LogP contribution is 2.30.